The number of hydrogen-bond donors (Lipinski definition) is 2. The number of aromatic nitrogens is 1. The standard InChI is InChI=1S/C13H15BrN2O2/c1-18-6-2-5-15-13(17)11-8-16-12-4-3-9(14)7-10(11)12/h3-4,7-8,16H,2,5-6H2,1H3,(H,15,17). The number of nitrogens with one attached hydrogen (secondary N) is 2. The van der Waals surface area contributed by atoms with Crippen LogP contribution in [-0.2, 0) is 4.74 Å². The average Bonchev–Trinajstić information content (AvgIpc) is 2.77. The molecule has 18 heavy (non-hydrogen) atoms. The largest absolute Gasteiger partial charge is 0.385 e. The van der Waals surface area contributed by atoms with Crippen LogP contribution in [0.15, 0.2) is 28.9 Å². The molecule has 0 saturated heterocycles. The Kier molecular flexibility index (Phi) is 4.38. The van der Waals surface area contributed by atoms with Crippen molar-refractivity contribution in [2.45, 2.75) is 6.42 Å². The quantitative estimate of drug-likeness (QED) is 0.834. The van der Waals surface area contributed by atoms with E-state index in [9.17, 15) is 4.79 Å². The molecule has 5 heteroatoms. The Labute approximate surface area is 114 Å². The smallest absolute Gasteiger partial charge is 0.253 e. The summed E-state index contributed by atoms with van der Waals surface area (Å²) in [6.45, 7) is 1.27. The summed E-state index contributed by atoms with van der Waals surface area (Å²) in [5, 5.41) is 3.80. The first-order valence-electron chi connectivity index (χ1n) is 5.76. The summed E-state index contributed by atoms with van der Waals surface area (Å²) in [6.07, 6.45) is 2.55. The van der Waals surface area contributed by atoms with Gasteiger partial charge in [-0.15, -0.1) is 0 Å². The Hall–Kier alpha value is -1.33. The van der Waals surface area contributed by atoms with E-state index in [4.69, 9.17) is 4.74 Å². The molecule has 2 N–H and O–H groups in total. The van der Waals surface area contributed by atoms with Gasteiger partial charge in [-0.05, 0) is 24.6 Å². The van der Waals surface area contributed by atoms with Gasteiger partial charge >= 0.3 is 0 Å². The Morgan fingerprint density at radius 1 is 1.50 bits per heavy atom. The van der Waals surface area contributed by atoms with E-state index in [1.54, 1.807) is 13.3 Å². The van der Waals surface area contributed by atoms with Gasteiger partial charge in [-0.25, -0.2) is 0 Å². The second-order valence-corrected chi connectivity index (χ2v) is 4.91. The van der Waals surface area contributed by atoms with Crippen LogP contribution in [0.4, 0.5) is 0 Å². The third kappa shape index (κ3) is 2.91. The number of methoxy groups -OCH3 is 1. The van der Waals surface area contributed by atoms with E-state index in [1.807, 2.05) is 18.2 Å². The van der Waals surface area contributed by atoms with E-state index in [0.29, 0.717) is 18.7 Å². The maximum Gasteiger partial charge on any atom is 0.253 e. The van der Waals surface area contributed by atoms with Crippen molar-refractivity contribution in [1.82, 2.24) is 10.3 Å². The fourth-order valence-electron chi connectivity index (χ4n) is 1.79. The zero-order chi connectivity index (χ0) is 13.0. The molecule has 1 heterocycles. The molecule has 0 unspecified atom stereocenters. The van der Waals surface area contributed by atoms with Crippen LogP contribution in [0.25, 0.3) is 10.9 Å². The van der Waals surface area contributed by atoms with E-state index in [1.165, 1.54) is 0 Å². The fourth-order valence-corrected chi connectivity index (χ4v) is 2.16. The summed E-state index contributed by atoms with van der Waals surface area (Å²) in [6, 6.07) is 5.83. The predicted molar refractivity (Wildman–Crippen MR) is 74.8 cm³/mol. The first-order valence-corrected chi connectivity index (χ1v) is 6.55. The number of carbonyl (C=O) groups excluding carboxylic acids is 1. The highest BCUT2D eigenvalue weighted by Gasteiger charge is 2.11. The van der Waals surface area contributed by atoms with Gasteiger partial charge in [0.2, 0.25) is 0 Å². The number of H-pyrrole nitrogens is 1. The molecule has 0 saturated carbocycles. The van der Waals surface area contributed by atoms with Crippen LogP contribution < -0.4 is 5.32 Å². The zero-order valence-corrected chi connectivity index (χ0v) is 11.7. The maximum absolute atomic E-state index is 12.0. The second kappa shape index (κ2) is 6.02. The summed E-state index contributed by atoms with van der Waals surface area (Å²) in [5.74, 6) is -0.0598. The Bertz CT molecular complexity index is 551. The van der Waals surface area contributed by atoms with Gasteiger partial charge < -0.3 is 15.0 Å². The number of aromatic amines is 1. The summed E-state index contributed by atoms with van der Waals surface area (Å²) >= 11 is 3.41. The van der Waals surface area contributed by atoms with Crippen molar-refractivity contribution in [3.8, 4) is 0 Å². The lowest BCUT2D eigenvalue weighted by Crippen LogP contribution is -2.24. The Balaban J connectivity index is 2.10. The van der Waals surface area contributed by atoms with Crippen LogP contribution in [0, 0.1) is 0 Å². The molecule has 2 aromatic rings. The zero-order valence-electron chi connectivity index (χ0n) is 10.1. The van der Waals surface area contributed by atoms with Gasteiger partial charge in [0.05, 0.1) is 5.56 Å². The van der Waals surface area contributed by atoms with Crippen LogP contribution in [-0.4, -0.2) is 31.2 Å². The topological polar surface area (TPSA) is 54.1 Å². The molecule has 0 bridgehead atoms. The summed E-state index contributed by atoms with van der Waals surface area (Å²) in [5.41, 5.74) is 1.63. The van der Waals surface area contributed by atoms with Gasteiger partial charge in [-0.3, -0.25) is 4.79 Å². The average molecular weight is 311 g/mol. The summed E-state index contributed by atoms with van der Waals surface area (Å²) < 4.78 is 5.90. The molecule has 0 atom stereocenters. The minimum Gasteiger partial charge on any atom is -0.385 e. The fraction of sp³-hybridized carbons (Fsp3) is 0.308. The lowest BCUT2D eigenvalue weighted by atomic mass is 10.1. The molecule has 0 aliphatic carbocycles. The van der Waals surface area contributed by atoms with E-state index in [0.717, 1.165) is 21.8 Å². The molecule has 1 aromatic carbocycles. The van der Waals surface area contributed by atoms with Crippen molar-refractivity contribution < 1.29 is 9.53 Å². The number of benzene rings is 1. The maximum atomic E-state index is 12.0. The van der Waals surface area contributed by atoms with Crippen molar-refractivity contribution in [2.75, 3.05) is 20.3 Å². The molecular weight excluding hydrogens is 296 g/mol. The van der Waals surface area contributed by atoms with Gasteiger partial charge in [0.1, 0.15) is 0 Å². The lowest BCUT2D eigenvalue weighted by molar-refractivity contribution is 0.0950. The van der Waals surface area contributed by atoms with Crippen LogP contribution >= 0.6 is 15.9 Å². The van der Waals surface area contributed by atoms with Gasteiger partial charge in [0.25, 0.3) is 5.91 Å². The number of amides is 1. The highest BCUT2D eigenvalue weighted by atomic mass is 79.9. The Morgan fingerprint density at radius 3 is 3.11 bits per heavy atom. The first-order chi connectivity index (χ1) is 8.72. The predicted octanol–water partition coefficient (Wildman–Crippen LogP) is 2.70. The third-order valence-corrected chi connectivity index (χ3v) is 3.19. The van der Waals surface area contributed by atoms with E-state index in [-0.39, 0.29) is 5.91 Å². The number of carbonyl (C=O) groups is 1. The third-order valence-electron chi connectivity index (χ3n) is 2.70. The molecule has 0 aliphatic rings. The molecule has 2 rings (SSSR count). The minimum atomic E-state index is -0.0598. The van der Waals surface area contributed by atoms with E-state index in [2.05, 4.69) is 26.2 Å². The lowest BCUT2D eigenvalue weighted by Gasteiger charge is -2.03. The van der Waals surface area contributed by atoms with Crippen LogP contribution in [0.5, 0.6) is 0 Å². The molecule has 0 radical (unpaired) electrons. The highest BCUT2D eigenvalue weighted by Crippen LogP contribution is 2.22. The van der Waals surface area contributed by atoms with Gasteiger partial charge in [-0.2, -0.15) is 0 Å². The van der Waals surface area contributed by atoms with Gasteiger partial charge in [0.15, 0.2) is 0 Å². The molecule has 0 fully saturated rings. The SMILES string of the molecule is COCCCNC(=O)c1c[nH]c2ccc(Br)cc12. The van der Waals surface area contributed by atoms with E-state index >= 15 is 0 Å². The van der Waals surface area contributed by atoms with Crippen LogP contribution in [0.1, 0.15) is 16.8 Å². The Morgan fingerprint density at radius 2 is 2.33 bits per heavy atom. The monoisotopic (exact) mass is 310 g/mol. The van der Waals surface area contributed by atoms with Crippen molar-refractivity contribution in [1.29, 1.82) is 0 Å². The number of hydrogen-bond acceptors (Lipinski definition) is 2. The van der Waals surface area contributed by atoms with Gasteiger partial charge in [0, 0.05) is 41.8 Å². The minimum absolute atomic E-state index is 0.0598. The number of rotatable bonds is 5. The number of fused-ring (bicyclic) bond motifs is 1. The highest BCUT2D eigenvalue weighted by molar-refractivity contribution is 9.10. The number of ether oxygens (including phenoxy) is 1. The molecule has 96 valence electrons. The van der Waals surface area contributed by atoms with Crippen LogP contribution in [0.2, 0.25) is 0 Å². The van der Waals surface area contributed by atoms with Crippen molar-refractivity contribution >= 4 is 32.7 Å². The molecule has 1 aromatic heterocycles. The molecular formula is C13H15BrN2O2. The van der Waals surface area contributed by atoms with Crippen LogP contribution in [0.3, 0.4) is 0 Å². The molecule has 1 amide bonds. The van der Waals surface area contributed by atoms with Crippen molar-refractivity contribution in [3.63, 3.8) is 0 Å². The summed E-state index contributed by atoms with van der Waals surface area (Å²) in [7, 11) is 1.65. The molecule has 4 nitrogen and oxygen atoms in total. The second-order valence-electron chi connectivity index (χ2n) is 3.99. The van der Waals surface area contributed by atoms with E-state index < -0.39 is 0 Å². The molecule has 0 aliphatic heterocycles. The van der Waals surface area contributed by atoms with Crippen molar-refractivity contribution in [2.24, 2.45) is 0 Å². The first kappa shape index (κ1) is 13.1. The van der Waals surface area contributed by atoms with Gasteiger partial charge in [-0.1, -0.05) is 15.9 Å². The van der Waals surface area contributed by atoms with Crippen molar-refractivity contribution in [3.05, 3.63) is 34.4 Å². The molecule has 0 spiro atoms. The number of halogens is 1. The normalized spacial score (nSPS) is 10.8. The summed E-state index contributed by atoms with van der Waals surface area (Å²) in [4.78, 5) is 15.1.